The Morgan fingerprint density at radius 2 is 2.00 bits per heavy atom. The molecular weight excluding hydrogens is 253 g/mol. The molecule has 0 saturated carbocycles. The summed E-state index contributed by atoms with van der Waals surface area (Å²) in [7, 11) is 0. The summed E-state index contributed by atoms with van der Waals surface area (Å²) < 4.78 is 13.7. The van der Waals surface area contributed by atoms with Crippen LogP contribution < -0.4 is 0 Å². The molecule has 0 aliphatic rings. The summed E-state index contributed by atoms with van der Waals surface area (Å²) in [6.07, 6.45) is 3.74. The standard InChI is InChI=1S/C13H9ClFN3/c14-11-3-1-2-10(13(11)15)6-9-7-17-12(4-5-16)18-8-9/h1-3,7-8H,4,6H2. The van der Waals surface area contributed by atoms with Gasteiger partial charge in [-0.2, -0.15) is 5.26 Å². The van der Waals surface area contributed by atoms with E-state index in [-0.39, 0.29) is 11.4 Å². The molecule has 0 N–H and O–H groups in total. The summed E-state index contributed by atoms with van der Waals surface area (Å²) in [6, 6.07) is 6.85. The summed E-state index contributed by atoms with van der Waals surface area (Å²) in [4.78, 5) is 8.06. The summed E-state index contributed by atoms with van der Waals surface area (Å²) in [5.74, 6) is 0.0492. The fourth-order valence-corrected chi connectivity index (χ4v) is 1.73. The molecular formula is C13H9ClFN3. The molecule has 5 heteroatoms. The van der Waals surface area contributed by atoms with E-state index in [1.807, 2.05) is 6.07 Å². The molecule has 0 fully saturated rings. The van der Waals surface area contributed by atoms with E-state index in [1.165, 1.54) is 6.07 Å². The Labute approximate surface area is 109 Å². The van der Waals surface area contributed by atoms with E-state index >= 15 is 0 Å². The first-order valence-electron chi connectivity index (χ1n) is 5.30. The zero-order valence-corrected chi connectivity index (χ0v) is 10.2. The zero-order chi connectivity index (χ0) is 13.0. The van der Waals surface area contributed by atoms with E-state index < -0.39 is 5.82 Å². The van der Waals surface area contributed by atoms with E-state index in [1.54, 1.807) is 24.5 Å². The fourth-order valence-electron chi connectivity index (χ4n) is 1.54. The lowest BCUT2D eigenvalue weighted by Crippen LogP contribution is -1.98. The van der Waals surface area contributed by atoms with Crippen LogP contribution in [-0.2, 0) is 12.8 Å². The maximum absolute atomic E-state index is 13.7. The van der Waals surface area contributed by atoms with Gasteiger partial charge >= 0.3 is 0 Å². The smallest absolute Gasteiger partial charge is 0.145 e. The SMILES string of the molecule is N#CCc1ncc(Cc2cccc(Cl)c2F)cn1. The fraction of sp³-hybridized carbons (Fsp3) is 0.154. The van der Waals surface area contributed by atoms with Gasteiger partial charge in [0.15, 0.2) is 0 Å². The first-order valence-corrected chi connectivity index (χ1v) is 5.68. The van der Waals surface area contributed by atoms with Crippen LogP contribution in [0.15, 0.2) is 30.6 Å². The first-order chi connectivity index (χ1) is 8.70. The molecule has 18 heavy (non-hydrogen) atoms. The van der Waals surface area contributed by atoms with Gasteiger partial charge in [0.05, 0.1) is 17.5 Å². The number of hydrogen-bond acceptors (Lipinski definition) is 3. The molecule has 2 rings (SSSR count). The molecule has 2 aromatic rings. The van der Waals surface area contributed by atoms with Crippen molar-refractivity contribution in [2.75, 3.05) is 0 Å². The zero-order valence-electron chi connectivity index (χ0n) is 9.40. The molecule has 0 spiro atoms. The molecule has 90 valence electrons. The summed E-state index contributed by atoms with van der Waals surface area (Å²) in [5, 5.41) is 8.60. The van der Waals surface area contributed by atoms with Crippen molar-refractivity contribution in [2.24, 2.45) is 0 Å². The highest BCUT2D eigenvalue weighted by Crippen LogP contribution is 2.20. The highest BCUT2D eigenvalue weighted by atomic mass is 35.5. The molecule has 0 aliphatic carbocycles. The van der Waals surface area contributed by atoms with Gasteiger partial charge in [-0.1, -0.05) is 23.7 Å². The predicted octanol–water partition coefficient (Wildman–Crippen LogP) is 2.93. The Hall–Kier alpha value is -1.99. The molecule has 0 saturated heterocycles. The van der Waals surface area contributed by atoms with Gasteiger partial charge in [-0.3, -0.25) is 0 Å². The van der Waals surface area contributed by atoms with Crippen LogP contribution in [0.4, 0.5) is 4.39 Å². The van der Waals surface area contributed by atoms with Crippen LogP contribution in [0.3, 0.4) is 0 Å². The van der Waals surface area contributed by atoms with Gasteiger partial charge in [0, 0.05) is 18.8 Å². The minimum atomic E-state index is -0.416. The van der Waals surface area contributed by atoms with E-state index in [0.717, 1.165) is 5.56 Å². The quantitative estimate of drug-likeness (QED) is 0.854. The number of nitrogens with zero attached hydrogens (tertiary/aromatic N) is 3. The van der Waals surface area contributed by atoms with Gasteiger partial charge < -0.3 is 0 Å². The van der Waals surface area contributed by atoms with Gasteiger partial charge in [0.25, 0.3) is 0 Å². The maximum Gasteiger partial charge on any atom is 0.145 e. The average Bonchev–Trinajstić information content (AvgIpc) is 2.38. The van der Waals surface area contributed by atoms with Crippen LogP contribution in [0.5, 0.6) is 0 Å². The molecule has 1 aromatic carbocycles. The van der Waals surface area contributed by atoms with Gasteiger partial charge in [0.2, 0.25) is 0 Å². The summed E-state index contributed by atoms with van der Waals surface area (Å²) >= 11 is 5.70. The molecule has 0 radical (unpaired) electrons. The number of halogens is 2. The van der Waals surface area contributed by atoms with E-state index in [2.05, 4.69) is 9.97 Å². The van der Waals surface area contributed by atoms with Gasteiger partial charge in [0.1, 0.15) is 11.6 Å². The average molecular weight is 262 g/mol. The van der Waals surface area contributed by atoms with Crippen molar-refractivity contribution >= 4 is 11.6 Å². The Kier molecular flexibility index (Phi) is 3.85. The Bertz CT molecular complexity index is 590. The van der Waals surface area contributed by atoms with Crippen molar-refractivity contribution in [1.29, 1.82) is 5.26 Å². The van der Waals surface area contributed by atoms with Crippen molar-refractivity contribution in [1.82, 2.24) is 9.97 Å². The number of rotatable bonds is 3. The molecule has 1 aromatic heterocycles. The minimum absolute atomic E-state index is 0.106. The summed E-state index contributed by atoms with van der Waals surface area (Å²) in [6.45, 7) is 0. The van der Waals surface area contributed by atoms with Crippen LogP contribution in [0.1, 0.15) is 17.0 Å². The van der Waals surface area contributed by atoms with Gasteiger partial charge in [-0.15, -0.1) is 0 Å². The van der Waals surface area contributed by atoms with Gasteiger partial charge in [-0.05, 0) is 17.2 Å². The van der Waals surface area contributed by atoms with Crippen molar-refractivity contribution in [3.05, 3.63) is 58.4 Å². The van der Waals surface area contributed by atoms with E-state index in [9.17, 15) is 4.39 Å². The van der Waals surface area contributed by atoms with Crippen molar-refractivity contribution < 1.29 is 4.39 Å². The molecule has 1 heterocycles. The topological polar surface area (TPSA) is 49.6 Å². The first kappa shape index (κ1) is 12.5. The Morgan fingerprint density at radius 3 is 2.67 bits per heavy atom. The molecule has 0 bridgehead atoms. The highest BCUT2D eigenvalue weighted by molar-refractivity contribution is 6.30. The second kappa shape index (κ2) is 5.56. The second-order valence-corrected chi connectivity index (χ2v) is 4.14. The lowest BCUT2D eigenvalue weighted by atomic mass is 10.1. The summed E-state index contributed by atoms with van der Waals surface area (Å²) in [5.41, 5.74) is 1.27. The lowest BCUT2D eigenvalue weighted by molar-refractivity contribution is 0.614. The third kappa shape index (κ3) is 2.82. The van der Waals surface area contributed by atoms with Crippen LogP contribution >= 0.6 is 11.6 Å². The molecule has 0 atom stereocenters. The second-order valence-electron chi connectivity index (χ2n) is 3.73. The van der Waals surface area contributed by atoms with Crippen LogP contribution in [0, 0.1) is 17.1 Å². The molecule has 0 aliphatic heterocycles. The minimum Gasteiger partial charge on any atom is -0.240 e. The number of nitriles is 1. The molecule has 0 amide bonds. The number of hydrogen-bond donors (Lipinski definition) is 0. The van der Waals surface area contributed by atoms with Crippen LogP contribution in [0.25, 0.3) is 0 Å². The Morgan fingerprint density at radius 1 is 1.28 bits per heavy atom. The lowest BCUT2D eigenvalue weighted by Gasteiger charge is -2.04. The van der Waals surface area contributed by atoms with Crippen molar-refractivity contribution in [3.8, 4) is 6.07 Å². The van der Waals surface area contributed by atoms with Crippen molar-refractivity contribution in [3.63, 3.8) is 0 Å². The molecule has 3 nitrogen and oxygen atoms in total. The van der Waals surface area contributed by atoms with Gasteiger partial charge in [-0.25, -0.2) is 14.4 Å². The highest BCUT2D eigenvalue weighted by Gasteiger charge is 2.07. The number of benzene rings is 1. The van der Waals surface area contributed by atoms with E-state index in [4.69, 9.17) is 16.9 Å². The third-order valence-corrected chi connectivity index (χ3v) is 2.71. The largest absolute Gasteiger partial charge is 0.240 e. The Balaban J connectivity index is 2.19. The van der Waals surface area contributed by atoms with Crippen LogP contribution in [0.2, 0.25) is 5.02 Å². The maximum atomic E-state index is 13.7. The van der Waals surface area contributed by atoms with Crippen LogP contribution in [-0.4, -0.2) is 9.97 Å². The predicted molar refractivity (Wildman–Crippen MR) is 65.6 cm³/mol. The third-order valence-electron chi connectivity index (χ3n) is 2.42. The van der Waals surface area contributed by atoms with E-state index in [0.29, 0.717) is 17.8 Å². The molecule has 0 unspecified atom stereocenters. The van der Waals surface area contributed by atoms with Crippen molar-refractivity contribution in [2.45, 2.75) is 12.8 Å². The monoisotopic (exact) mass is 261 g/mol. The normalized spacial score (nSPS) is 10.1. The number of aromatic nitrogens is 2.